The van der Waals surface area contributed by atoms with Gasteiger partial charge in [0.05, 0.1) is 19.3 Å². The Morgan fingerprint density at radius 1 is 1.44 bits per heavy atom. The molecule has 0 aliphatic rings. The van der Waals surface area contributed by atoms with Gasteiger partial charge in [-0.3, -0.25) is 0 Å². The Morgan fingerprint density at radius 3 is 3.00 bits per heavy atom. The van der Waals surface area contributed by atoms with Gasteiger partial charge < -0.3 is 20.4 Å². The molecular formula is C12H17N5O. The average Bonchev–Trinajstić information content (AvgIpc) is 2.85. The second kappa shape index (κ2) is 5.39. The van der Waals surface area contributed by atoms with Crippen LogP contribution in [0.2, 0.25) is 0 Å². The number of aromatic nitrogens is 3. The highest BCUT2D eigenvalue weighted by Gasteiger charge is 2.04. The first-order valence-electron chi connectivity index (χ1n) is 5.78. The molecule has 0 unspecified atom stereocenters. The average molecular weight is 247 g/mol. The zero-order valence-corrected chi connectivity index (χ0v) is 10.6. The minimum Gasteiger partial charge on any atom is -0.495 e. The molecular weight excluding hydrogens is 230 g/mol. The summed E-state index contributed by atoms with van der Waals surface area (Å²) >= 11 is 0. The smallest absolute Gasteiger partial charge is 0.152 e. The lowest BCUT2D eigenvalue weighted by molar-refractivity contribution is 0.417. The Morgan fingerprint density at radius 2 is 2.28 bits per heavy atom. The third kappa shape index (κ3) is 2.53. The minimum absolute atomic E-state index is 0.612. The monoisotopic (exact) mass is 247 g/mol. The second-order valence-corrected chi connectivity index (χ2v) is 3.84. The van der Waals surface area contributed by atoms with Crippen molar-refractivity contribution < 1.29 is 4.74 Å². The number of aryl methyl sites for hydroxylation is 1. The van der Waals surface area contributed by atoms with Crippen LogP contribution in [0.1, 0.15) is 12.7 Å². The summed E-state index contributed by atoms with van der Waals surface area (Å²) in [6.45, 7) is 3.52. The maximum Gasteiger partial charge on any atom is 0.152 e. The number of nitrogens with zero attached hydrogens (tertiary/aromatic N) is 3. The SMILES string of the molecule is CCn1cnnc1CNc1ccc(N)c(OC)c1. The fourth-order valence-corrected chi connectivity index (χ4v) is 1.68. The van der Waals surface area contributed by atoms with Gasteiger partial charge >= 0.3 is 0 Å². The van der Waals surface area contributed by atoms with E-state index >= 15 is 0 Å². The Kier molecular flexibility index (Phi) is 3.66. The van der Waals surface area contributed by atoms with E-state index in [-0.39, 0.29) is 0 Å². The fourth-order valence-electron chi connectivity index (χ4n) is 1.68. The largest absolute Gasteiger partial charge is 0.495 e. The molecule has 0 aliphatic heterocycles. The molecule has 1 heterocycles. The van der Waals surface area contributed by atoms with Crippen LogP contribution in [0.25, 0.3) is 0 Å². The number of nitrogens with one attached hydrogen (secondary N) is 1. The molecule has 3 N–H and O–H groups in total. The molecule has 6 nitrogen and oxygen atoms in total. The van der Waals surface area contributed by atoms with Gasteiger partial charge in [-0.15, -0.1) is 10.2 Å². The molecule has 1 aromatic heterocycles. The maximum atomic E-state index is 5.76. The van der Waals surface area contributed by atoms with Gasteiger partial charge in [0.2, 0.25) is 0 Å². The van der Waals surface area contributed by atoms with Gasteiger partial charge in [0.25, 0.3) is 0 Å². The van der Waals surface area contributed by atoms with Gasteiger partial charge in [-0.2, -0.15) is 0 Å². The number of rotatable bonds is 5. The van der Waals surface area contributed by atoms with Crippen LogP contribution in [0.5, 0.6) is 5.75 Å². The molecule has 0 bridgehead atoms. The minimum atomic E-state index is 0.612. The van der Waals surface area contributed by atoms with E-state index in [4.69, 9.17) is 10.5 Å². The number of hydrogen-bond donors (Lipinski definition) is 2. The first-order chi connectivity index (χ1) is 8.74. The van der Waals surface area contributed by atoms with Crippen LogP contribution in [0, 0.1) is 0 Å². The highest BCUT2D eigenvalue weighted by molar-refractivity contribution is 5.61. The van der Waals surface area contributed by atoms with E-state index in [0.29, 0.717) is 18.0 Å². The van der Waals surface area contributed by atoms with Crippen LogP contribution in [0.3, 0.4) is 0 Å². The summed E-state index contributed by atoms with van der Waals surface area (Å²) in [4.78, 5) is 0. The summed E-state index contributed by atoms with van der Waals surface area (Å²) in [6, 6.07) is 5.58. The lowest BCUT2D eigenvalue weighted by atomic mass is 10.2. The molecule has 0 aliphatic carbocycles. The predicted octanol–water partition coefficient (Wildman–Crippen LogP) is 1.50. The molecule has 96 valence electrons. The van der Waals surface area contributed by atoms with E-state index in [0.717, 1.165) is 18.1 Å². The summed E-state index contributed by atoms with van der Waals surface area (Å²) < 4.78 is 7.16. The van der Waals surface area contributed by atoms with Crippen molar-refractivity contribution in [3.8, 4) is 5.75 Å². The fraction of sp³-hybridized carbons (Fsp3) is 0.333. The highest BCUT2D eigenvalue weighted by atomic mass is 16.5. The molecule has 18 heavy (non-hydrogen) atoms. The van der Waals surface area contributed by atoms with Crippen molar-refractivity contribution >= 4 is 11.4 Å². The van der Waals surface area contributed by atoms with Crippen LogP contribution < -0.4 is 15.8 Å². The van der Waals surface area contributed by atoms with E-state index in [2.05, 4.69) is 22.4 Å². The molecule has 0 saturated heterocycles. The molecule has 0 radical (unpaired) electrons. The van der Waals surface area contributed by atoms with E-state index in [1.54, 1.807) is 13.4 Å². The van der Waals surface area contributed by atoms with Crippen molar-refractivity contribution in [3.63, 3.8) is 0 Å². The zero-order chi connectivity index (χ0) is 13.0. The van der Waals surface area contributed by atoms with Crippen LogP contribution in [-0.2, 0) is 13.1 Å². The number of nitrogen functional groups attached to an aromatic ring is 1. The van der Waals surface area contributed by atoms with Crippen molar-refractivity contribution in [3.05, 3.63) is 30.4 Å². The van der Waals surface area contributed by atoms with Gasteiger partial charge in [-0.25, -0.2) is 0 Å². The molecule has 0 saturated carbocycles. The van der Waals surface area contributed by atoms with Gasteiger partial charge in [0.1, 0.15) is 12.1 Å². The molecule has 0 atom stereocenters. The summed E-state index contributed by atoms with van der Waals surface area (Å²) in [6.07, 6.45) is 1.72. The van der Waals surface area contributed by atoms with Gasteiger partial charge in [0, 0.05) is 18.3 Å². The lowest BCUT2D eigenvalue weighted by Crippen LogP contribution is -2.07. The Bertz CT molecular complexity index is 523. The standard InChI is InChI=1S/C12H17N5O/c1-3-17-8-15-16-12(17)7-14-9-4-5-10(13)11(6-9)18-2/h4-6,8,14H,3,7,13H2,1-2H3. The first kappa shape index (κ1) is 12.2. The summed E-state index contributed by atoms with van der Waals surface area (Å²) in [5.41, 5.74) is 7.32. The molecule has 2 aromatic rings. The molecule has 0 fully saturated rings. The van der Waals surface area contributed by atoms with Crippen molar-refractivity contribution in [2.24, 2.45) is 0 Å². The number of nitrogens with two attached hydrogens (primary N) is 1. The van der Waals surface area contributed by atoms with E-state index < -0.39 is 0 Å². The lowest BCUT2D eigenvalue weighted by Gasteiger charge is -2.10. The van der Waals surface area contributed by atoms with Crippen LogP contribution in [-0.4, -0.2) is 21.9 Å². The number of methoxy groups -OCH3 is 1. The number of anilines is 2. The normalized spacial score (nSPS) is 10.3. The zero-order valence-electron chi connectivity index (χ0n) is 10.6. The second-order valence-electron chi connectivity index (χ2n) is 3.84. The quantitative estimate of drug-likeness (QED) is 0.783. The van der Waals surface area contributed by atoms with Crippen molar-refractivity contribution in [1.82, 2.24) is 14.8 Å². The van der Waals surface area contributed by atoms with Gasteiger partial charge in [-0.1, -0.05) is 0 Å². The third-order valence-corrected chi connectivity index (χ3v) is 2.72. The molecule has 1 aromatic carbocycles. The van der Waals surface area contributed by atoms with Crippen LogP contribution >= 0.6 is 0 Å². The number of hydrogen-bond acceptors (Lipinski definition) is 5. The Hall–Kier alpha value is -2.24. The predicted molar refractivity (Wildman–Crippen MR) is 70.4 cm³/mol. The summed E-state index contributed by atoms with van der Waals surface area (Å²) in [5.74, 6) is 1.56. The summed E-state index contributed by atoms with van der Waals surface area (Å²) in [7, 11) is 1.60. The number of benzene rings is 1. The van der Waals surface area contributed by atoms with Crippen molar-refractivity contribution in [2.75, 3.05) is 18.2 Å². The molecule has 2 rings (SSSR count). The maximum absolute atomic E-state index is 5.76. The molecule has 0 spiro atoms. The molecule has 6 heteroatoms. The summed E-state index contributed by atoms with van der Waals surface area (Å²) in [5, 5.41) is 11.2. The van der Waals surface area contributed by atoms with E-state index in [9.17, 15) is 0 Å². The highest BCUT2D eigenvalue weighted by Crippen LogP contribution is 2.25. The number of ether oxygens (including phenoxy) is 1. The first-order valence-corrected chi connectivity index (χ1v) is 5.78. The van der Waals surface area contributed by atoms with Crippen molar-refractivity contribution in [2.45, 2.75) is 20.0 Å². The third-order valence-electron chi connectivity index (χ3n) is 2.72. The van der Waals surface area contributed by atoms with Crippen LogP contribution in [0.15, 0.2) is 24.5 Å². The van der Waals surface area contributed by atoms with Gasteiger partial charge in [-0.05, 0) is 19.1 Å². The Balaban J connectivity index is 2.06. The Labute approximate surface area is 106 Å². The van der Waals surface area contributed by atoms with Gasteiger partial charge in [0.15, 0.2) is 5.82 Å². The van der Waals surface area contributed by atoms with E-state index in [1.165, 1.54) is 0 Å². The topological polar surface area (TPSA) is 78.0 Å². The molecule has 0 amide bonds. The van der Waals surface area contributed by atoms with Crippen molar-refractivity contribution in [1.29, 1.82) is 0 Å². The van der Waals surface area contributed by atoms with E-state index in [1.807, 2.05) is 22.8 Å². The van der Waals surface area contributed by atoms with Crippen LogP contribution in [0.4, 0.5) is 11.4 Å².